The number of hydrogen-bond acceptors (Lipinski definition) is 4. The number of carbonyl (C=O) groups excluding carboxylic acids is 1. The van der Waals surface area contributed by atoms with Gasteiger partial charge < -0.3 is 0 Å². The van der Waals surface area contributed by atoms with Gasteiger partial charge in [0.2, 0.25) is 0 Å². The lowest BCUT2D eigenvalue weighted by Crippen LogP contribution is -2.61. The lowest BCUT2D eigenvalue weighted by atomic mass is 10.2. The van der Waals surface area contributed by atoms with Crippen molar-refractivity contribution >= 4 is 17.9 Å². The van der Waals surface area contributed by atoms with Gasteiger partial charge in [0.05, 0.1) is 0 Å². The van der Waals surface area contributed by atoms with E-state index in [4.69, 9.17) is 5.41 Å². The van der Waals surface area contributed by atoms with Gasteiger partial charge in [-0.05, 0) is 11.6 Å². The van der Waals surface area contributed by atoms with Crippen molar-refractivity contribution < 1.29 is 4.79 Å². The summed E-state index contributed by atoms with van der Waals surface area (Å²) in [6.07, 6.45) is 7.01. The maximum absolute atomic E-state index is 10.8. The third-order valence-corrected chi connectivity index (χ3v) is 2.07. The van der Waals surface area contributed by atoms with Crippen LogP contribution in [0.3, 0.4) is 0 Å². The van der Waals surface area contributed by atoms with Crippen LogP contribution in [-0.2, 0) is 0 Å². The maximum Gasteiger partial charge on any atom is 0.334 e. The summed E-state index contributed by atoms with van der Waals surface area (Å²) in [5.74, 6) is 0.115. The summed E-state index contributed by atoms with van der Waals surface area (Å²) in [7, 11) is 0. The van der Waals surface area contributed by atoms with Gasteiger partial charge in [-0.25, -0.2) is 10.2 Å². The van der Waals surface area contributed by atoms with E-state index < -0.39 is 6.03 Å². The molecule has 1 aliphatic rings. The van der Waals surface area contributed by atoms with Gasteiger partial charge >= 0.3 is 6.03 Å². The van der Waals surface area contributed by atoms with Gasteiger partial charge in [0.1, 0.15) is 11.9 Å². The lowest BCUT2D eigenvalue weighted by Gasteiger charge is -2.23. The maximum atomic E-state index is 10.8. The zero-order chi connectivity index (χ0) is 11.4. The molecule has 1 aromatic heterocycles. The molecule has 2 amide bonds. The number of urea groups is 1. The molecule has 2 rings (SSSR count). The van der Waals surface area contributed by atoms with E-state index in [-0.39, 0.29) is 11.9 Å². The van der Waals surface area contributed by atoms with Gasteiger partial charge in [0.15, 0.2) is 0 Å². The van der Waals surface area contributed by atoms with Gasteiger partial charge in [-0.3, -0.25) is 21.1 Å². The first-order valence-electron chi connectivity index (χ1n) is 4.75. The molecule has 1 unspecified atom stereocenters. The number of nitrogens with zero attached hydrogens (tertiary/aromatic N) is 1. The van der Waals surface area contributed by atoms with Crippen LogP contribution in [0.2, 0.25) is 0 Å². The number of rotatable bonds is 2. The van der Waals surface area contributed by atoms with Crippen molar-refractivity contribution in [1.29, 1.82) is 5.41 Å². The van der Waals surface area contributed by atoms with Crippen molar-refractivity contribution in [3.8, 4) is 0 Å². The fourth-order valence-corrected chi connectivity index (χ4v) is 1.27. The molecule has 1 atom stereocenters. The van der Waals surface area contributed by atoms with Crippen LogP contribution >= 0.6 is 0 Å². The molecule has 0 spiro atoms. The summed E-state index contributed by atoms with van der Waals surface area (Å²) >= 11 is 0. The number of nitrogens with one attached hydrogen (secondary N) is 4. The average Bonchev–Trinajstić information content (AvgIpc) is 2.29. The fraction of sp³-hybridized carbons (Fsp3) is 0.100. The zero-order valence-corrected chi connectivity index (χ0v) is 8.40. The Bertz CT molecular complexity index is 428. The van der Waals surface area contributed by atoms with Gasteiger partial charge in [0, 0.05) is 12.4 Å². The predicted molar refractivity (Wildman–Crippen MR) is 59.6 cm³/mol. The third-order valence-electron chi connectivity index (χ3n) is 2.07. The van der Waals surface area contributed by atoms with Gasteiger partial charge in [-0.1, -0.05) is 18.2 Å². The highest BCUT2D eigenvalue weighted by Gasteiger charge is 2.19. The quantitative estimate of drug-likeness (QED) is 0.572. The zero-order valence-electron chi connectivity index (χ0n) is 8.40. The standard InChI is InChI=1S/C10H11N5O/c11-9-8(14-15-10(16)13-9)4-3-7-2-1-5-12-6-7/h1-6,8,14H,(H3,11,13,15,16). The van der Waals surface area contributed by atoms with Crippen LogP contribution in [-0.4, -0.2) is 22.9 Å². The highest BCUT2D eigenvalue weighted by atomic mass is 16.2. The van der Waals surface area contributed by atoms with Crippen LogP contribution in [0.15, 0.2) is 30.6 Å². The molecule has 0 aliphatic carbocycles. The number of hydrazine groups is 1. The Morgan fingerprint density at radius 2 is 2.38 bits per heavy atom. The van der Waals surface area contributed by atoms with E-state index in [0.717, 1.165) is 5.56 Å². The molecular formula is C10H11N5O. The Balaban J connectivity index is 2.02. The van der Waals surface area contributed by atoms with Crippen LogP contribution in [0.25, 0.3) is 6.08 Å². The highest BCUT2D eigenvalue weighted by Crippen LogP contribution is 2.01. The number of amidine groups is 1. The first-order valence-corrected chi connectivity index (χ1v) is 4.75. The van der Waals surface area contributed by atoms with E-state index >= 15 is 0 Å². The smallest absolute Gasteiger partial charge is 0.294 e. The Morgan fingerprint density at radius 3 is 3.06 bits per heavy atom. The van der Waals surface area contributed by atoms with E-state index in [2.05, 4.69) is 21.2 Å². The molecule has 0 saturated carbocycles. The molecule has 4 N–H and O–H groups in total. The monoisotopic (exact) mass is 217 g/mol. The summed E-state index contributed by atoms with van der Waals surface area (Å²) in [5.41, 5.74) is 6.02. The first kappa shape index (κ1) is 10.3. The van der Waals surface area contributed by atoms with Crippen LogP contribution < -0.4 is 16.2 Å². The number of amides is 2. The Kier molecular flexibility index (Phi) is 2.93. The number of hydrogen-bond donors (Lipinski definition) is 4. The van der Waals surface area contributed by atoms with E-state index in [9.17, 15) is 4.79 Å². The van der Waals surface area contributed by atoms with Gasteiger partial charge in [-0.15, -0.1) is 0 Å². The number of pyridine rings is 1. The van der Waals surface area contributed by atoms with E-state index in [1.807, 2.05) is 18.2 Å². The molecule has 0 radical (unpaired) electrons. The molecule has 0 bridgehead atoms. The fourth-order valence-electron chi connectivity index (χ4n) is 1.27. The minimum Gasteiger partial charge on any atom is -0.294 e. The predicted octanol–water partition coefficient (Wildman–Crippen LogP) is 0.258. The molecule has 6 nitrogen and oxygen atoms in total. The van der Waals surface area contributed by atoms with Crippen molar-refractivity contribution in [1.82, 2.24) is 21.2 Å². The highest BCUT2D eigenvalue weighted by molar-refractivity contribution is 6.01. The minimum absolute atomic E-state index is 0.115. The molecule has 1 aromatic rings. The summed E-state index contributed by atoms with van der Waals surface area (Å²) in [6, 6.07) is 2.97. The topological polar surface area (TPSA) is 89.9 Å². The van der Waals surface area contributed by atoms with Crippen molar-refractivity contribution in [2.45, 2.75) is 6.04 Å². The van der Waals surface area contributed by atoms with Gasteiger partial charge in [-0.2, -0.15) is 0 Å². The van der Waals surface area contributed by atoms with Crippen LogP contribution in [0, 0.1) is 5.41 Å². The van der Waals surface area contributed by atoms with Crippen molar-refractivity contribution in [3.05, 3.63) is 36.2 Å². The first-order chi connectivity index (χ1) is 7.75. The molecule has 16 heavy (non-hydrogen) atoms. The van der Waals surface area contributed by atoms with Crippen molar-refractivity contribution in [2.24, 2.45) is 0 Å². The third kappa shape index (κ3) is 2.43. The molecular weight excluding hydrogens is 206 g/mol. The molecule has 1 fully saturated rings. The Hall–Kier alpha value is -2.21. The largest absolute Gasteiger partial charge is 0.334 e. The van der Waals surface area contributed by atoms with Gasteiger partial charge in [0.25, 0.3) is 0 Å². The van der Waals surface area contributed by atoms with E-state index in [1.165, 1.54) is 0 Å². The average molecular weight is 217 g/mol. The second-order valence-electron chi connectivity index (χ2n) is 3.26. The summed E-state index contributed by atoms with van der Waals surface area (Å²) in [4.78, 5) is 14.8. The van der Waals surface area contributed by atoms with Crippen molar-refractivity contribution in [2.75, 3.05) is 0 Å². The SMILES string of the molecule is N=C1NC(=O)NNC1C=Cc1cccnc1. The molecule has 2 heterocycles. The molecule has 1 saturated heterocycles. The Morgan fingerprint density at radius 1 is 1.50 bits per heavy atom. The van der Waals surface area contributed by atoms with Crippen LogP contribution in [0.1, 0.15) is 5.56 Å². The Labute approximate surface area is 92.2 Å². The summed E-state index contributed by atoms with van der Waals surface area (Å²) < 4.78 is 0. The normalized spacial score (nSPS) is 20.6. The molecule has 1 aliphatic heterocycles. The van der Waals surface area contributed by atoms with Crippen LogP contribution in [0.4, 0.5) is 4.79 Å². The number of carbonyl (C=O) groups is 1. The molecule has 0 aromatic carbocycles. The second kappa shape index (κ2) is 4.54. The second-order valence-corrected chi connectivity index (χ2v) is 3.26. The van der Waals surface area contributed by atoms with E-state index in [0.29, 0.717) is 0 Å². The van der Waals surface area contributed by atoms with Crippen molar-refractivity contribution in [3.63, 3.8) is 0 Å². The summed E-state index contributed by atoms with van der Waals surface area (Å²) in [5, 5.41) is 9.91. The summed E-state index contributed by atoms with van der Waals surface area (Å²) in [6.45, 7) is 0. The van der Waals surface area contributed by atoms with Crippen LogP contribution in [0.5, 0.6) is 0 Å². The molecule has 82 valence electrons. The molecule has 6 heteroatoms. The van der Waals surface area contributed by atoms with E-state index in [1.54, 1.807) is 18.5 Å². The minimum atomic E-state index is -0.420. The lowest BCUT2D eigenvalue weighted by molar-refractivity contribution is 0.237. The number of aromatic nitrogens is 1.